The van der Waals surface area contributed by atoms with Gasteiger partial charge in [0.1, 0.15) is 5.82 Å². The van der Waals surface area contributed by atoms with Crippen LogP contribution in [0.3, 0.4) is 0 Å². The van der Waals surface area contributed by atoms with Crippen LogP contribution in [0.4, 0.5) is 4.39 Å². The quantitative estimate of drug-likeness (QED) is 0.459. The highest BCUT2D eigenvalue weighted by Gasteiger charge is 2.09. The zero-order valence-corrected chi connectivity index (χ0v) is 8.39. The molecule has 14 heavy (non-hydrogen) atoms. The second-order valence-electron chi connectivity index (χ2n) is 2.92. The van der Waals surface area contributed by atoms with Gasteiger partial charge in [-0.3, -0.25) is 11.3 Å². The Labute approximate surface area is 87.5 Å². The van der Waals surface area contributed by atoms with E-state index in [4.69, 9.17) is 17.4 Å². The number of benzene rings is 1. The van der Waals surface area contributed by atoms with Crippen molar-refractivity contribution in [3.05, 3.63) is 47.3 Å². The fraction of sp³-hybridized carbons (Fsp3) is 0.200. The number of hydrogen-bond acceptors (Lipinski definition) is 2. The fourth-order valence-electron chi connectivity index (χ4n) is 1.20. The highest BCUT2D eigenvalue weighted by Crippen LogP contribution is 2.21. The van der Waals surface area contributed by atoms with E-state index < -0.39 is 5.82 Å². The summed E-state index contributed by atoms with van der Waals surface area (Å²) in [5.41, 5.74) is 3.34. The standard InChI is InChI=1S/C10H12ClFN2/c1-2-3-10(14-13)7-4-5-8(11)9(12)6-7/h2,4-6,10,14H,1,3,13H2. The van der Waals surface area contributed by atoms with E-state index in [2.05, 4.69) is 12.0 Å². The molecular weight excluding hydrogens is 203 g/mol. The summed E-state index contributed by atoms with van der Waals surface area (Å²) in [5.74, 6) is 4.89. The van der Waals surface area contributed by atoms with Crippen molar-refractivity contribution >= 4 is 11.6 Å². The van der Waals surface area contributed by atoms with Gasteiger partial charge in [-0.1, -0.05) is 23.7 Å². The van der Waals surface area contributed by atoms with Crippen LogP contribution >= 0.6 is 11.6 Å². The number of halogens is 2. The molecule has 76 valence electrons. The molecule has 1 aromatic rings. The van der Waals surface area contributed by atoms with E-state index in [0.717, 1.165) is 5.56 Å². The molecule has 1 aromatic carbocycles. The summed E-state index contributed by atoms with van der Waals surface area (Å²) in [6.45, 7) is 3.60. The molecule has 0 heterocycles. The third-order valence-electron chi connectivity index (χ3n) is 1.95. The van der Waals surface area contributed by atoms with Crippen LogP contribution in [0.2, 0.25) is 5.02 Å². The minimum atomic E-state index is -0.437. The maximum absolute atomic E-state index is 13.1. The number of rotatable bonds is 4. The lowest BCUT2D eigenvalue weighted by Gasteiger charge is -2.14. The van der Waals surface area contributed by atoms with Gasteiger partial charge >= 0.3 is 0 Å². The highest BCUT2D eigenvalue weighted by molar-refractivity contribution is 6.30. The smallest absolute Gasteiger partial charge is 0.142 e. The van der Waals surface area contributed by atoms with Crippen molar-refractivity contribution in [3.63, 3.8) is 0 Å². The number of nitrogens with two attached hydrogens (primary N) is 1. The summed E-state index contributed by atoms with van der Waals surface area (Å²) in [4.78, 5) is 0. The zero-order valence-electron chi connectivity index (χ0n) is 7.63. The molecule has 0 fully saturated rings. The summed E-state index contributed by atoms with van der Waals surface area (Å²) in [5, 5.41) is 0.114. The third kappa shape index (κ3) is 2.54. The number of hydrazine groups is 1. The summed E-state index contributed by atoms with van der Waals surface area (Å²) in [7, 11) is 0. The molecule has 1 unspecified atom stereocenters. The van der Waals surface area contributed by atoms with Crippen molar-refractivity contribution in [2.45, 2.75) is 12.5 Å². The molecule has 3 N–H and O–H groups in total. The lowest BCUT2D eigenvalue weighted by atomic mass is 10.0. The maximum Gasteiger partial charge on any atom is 0.142 e. The maximum atomic E-state index is 13.1. The Hall–Kier alpha value is -0.900. The van der Waals surface area contributed by atoms with Gasteiger partial charge in [0.2, 0.25) is 0 Å². The predicted molar refractivity (Wildman–Crippen MR) is 56.3 cm³/mol. The van der Waals surface area contributed by atoms with Gasteiger partial charge in [0.25, 0.3) is 0 Å². The van der Waals surface area contributed by atoms with Crippen LogP contribution in [-0.2, 0) is 0 Å². The zero-order chi connectivity index (χ0) is 10.6. The minimum absolute atomic E-state index is 0.114. The van der Waals surface area contributed by atoms with Crippen LogP contribution in [0.1, 0.15) is 18.0 Å². The summed E-state index contributed by atoms with van der Waals surface area (Å²) < 4.78 is 13.1. The second kappa shape index (κ2) is 5.10. The Morgan fingerprint density at radius 1 is 1.64 bits per heavy atom. The highest BCUT2D eigenvalue weighted by atomic mass is 35.5. The fourth-order valence-corrected chi connectivity index (χ4v) is 1.31. The van der Waals surface area contributed by atoms with Gasteiger partial charge in [-0.15, -0.1) is 6.58 Å². The van der Waals surface area contributed by atoms with E-state index in [-0.39, 0.29) is 11.1 Å². The molecule has 1 rings (SSSR count). The lowest BCUT2D eigenvalue weighted by Crippen LogP contribution is -2.27. The molecule has 0 spiro atoms. The van der Waals surface area contributed by atoms with Crippen LogP contribution < -0.4 is 11.3 Å². The molecule has 0 aliphatic rings. The SMILES string of the molecule is C=CCC(NN)c1ccc(Cl)c(F)c1. The summed E-state index contributed by atoms with van der Waals surface area (Å²) in [6, 6.07) is 4.49. The predicted octanol–water partition coefficient (Wildman–Crippen LogP) is 2.56. The van der Waals surface area contributed by atoms with E-state index >= 15 is 0 Å². The summed E-state index contributed by atoms with van der Waals surface area (Å²) in [6.07, 6.45) is 2.36. The van der Waals surface area contributed by atoms with Crippen LogP contribution in [0.15, 0.2) is 30.9 Å². The Morgan fingerprint density at radius 2 is 2.36 bits per heavy atom. The Kier molecular flexibility index (Phi) is 4.07. The van der Waals surface area contributed by atoms with Crippen molar-refractivity contribution in [2.24, 2.45) is 5.84 Å². The molecule has 0 aromatic heterocycles. The Morgan fingerprint density at radius 3 is 2.86 bits per heavy atom. The first-order valence-corrected chi connectivity index (χ1v) is 4.58. The van der Waals surface area contributed by atoms with Crippen molar-refractivity contribution in [3.8, 4) is 0 Å². The van der Waals surface area contributed by atoms with Crippen molar-refractivity contribution in [1.82, 2.24) is 5.43 Å². The Balaban J connectivity index is 2.93. The first-order chi connectivity index (χ1) is 6.69. The minimum Gasteiger partial charge on any atom is -0.271 e. The monoisotopic (exact) mass is 214 g/mol. The second-order valence-corrected chi connectivity index (χ2v) is 3.32. The largest absolute Gasteiger partial charge is 0.271 e. The molecule has 2 nitrogen and oxygen atoms in total. The molecule has 0 radical (unpaired) electrons. The van der Waals surface area contributed by atoms with Crippen LogP contribution in [0, 0.1) is 5.82 Å². The van der Waals surface area contributed by atoms with E-state index in [0.29, 0.717) is 6.42 Å². The van der Waals surface area contributed by atoms with E-state index in [1.165, 1.54) is 12.1 Å². The molecule has 4 heteroatoms. The van der Waals surface area contributed by atoms with Crippen LogP contribution in [0.25, 0.3) is 0 Å². The van der Waals surface area contributed by atoms with E-state index in [1.54, 1.807) is 12.1 Å². The molecule has 0 saturated carbocycles. The lowest BCUT2D eigenvalue weighted by molar-refractivity contribution is 0.553. The first kappa shape index (κ1) is 11.2. The molecule has 0 aliphatic heterocycles. The van der Waals surface area contributed by atoms with Gasteiger partial charge in [0.15, 0.2) is 0 Å². The third-order valence-corrected chi connectivity index (χ3v) is 2.26. The number of hydrogen-bond donors (Lipinski definition) is 2. The molecule has 0 bridgehead atoms. The van der Waals surface area contributed by atoms with Gasteiger partial charge in [-0.2, -0.15) is 0 Å². The van der Waals surface area contributed by atoms with Gasteiger partial charge in [0, 0.05) is 6.04 Å². The molecule has 0 aliphatic carbocycles. The molecular formula is C10H12ClFN2. The van der Waals surface area contributed by atoms with Crippen LogP contribution in [0.5, 0.6) is 0 Å². The van der Waals surface area contributed by atoms with E-state index in [9.17, 15) is 4.39 Å². The van der Waals surface area contributed by atoms with Crippen molar-refractivity contribution in [2.75, 3.05) is 0 Å². The topological polar surface area (TPSA) is 38.0 Å². The van der Waals surface area contributed by atoms with Gasteiger partial charge in [-0.25, -0.2) is 4.39 Å². The number of nitrogens with one attached hydrogen (secondary N) is 1. The normalized spacial score (nSPS) is 12.5. The average molecular weight is 215 g/mol. The van der Waals surface area contributed by atoms with Crippen LogP contribution in [-0.4, -0.2) is 0 Å². The first-order valence-electron chi connectivity index (χ1n) is 4.21. The molecule has 0 amide bonds. The molecule has 0 saturated heterocycles. The van der Waals surface area contributed by atoms with Crippen molar-refractivity contribution < 1.29 is 4.39 Å². The average Bonchev–Trinajstić information content (AvgIpc) is 2.19. The molecule has 1 atom stereocenters. The van der Waals surface area contributed by atoms with Gasteiger partial charge in [-0.05, 0) is 24.1 Å². The van der Waals surface area contributed by atoms with E-state index in [1.807, 2.05) is 0 Å². The van der Waals surface area contributed by atoms with Gasteiger partial charge < -0.3 is 0 Å². The summed E-state index contributed by atoms with van der Waals surface area (Å²) >= 11 is 5.56. The Bertz CT molecular complexity index is 328. The van der Waals surface area contributed by atoms with Gasteiger partial charge in [0.05, 0.1) is 5.02 Å². The van der Waals surface area contributed by atoms with Crippen molar-refractivity contribution in [1.29, 1.82) is 0 Å².